The maximum atomic E-state index is 12.1. The number of ether oxygens (including phenoxy) is 1. The third-order valence-electron chi connectivity index (χ3n) is 3.26. The molecule has 110 valence electrons. The molecule has 2 aromatic rings. The van der Waals surface area contributed by atoms with Crippen LogP contribution in [0, 0.1) is 6.92 Å². The Balaban J connectivity index is 2.04. The fraction of sp³-hybridized carbons (Fsp3) is 0.235. The molecule has 1 amide bonds. The highest BCUT2D eigenvalue weighted by Gasteiger charge is 2.15. The molecular formula is C17H18ClNO2. The largest absolute Gasteiger partial charge is 0.375 e. The van der Waals surface area contributed by atoms with Crippen LogP contribution < -0.4 is 5.32 Å². The second-order valence-corrected chi connectivity index (χ2v) is 5.23. The van der Waals surface area contributed by atoms with Gasteiger partial charge in [0.25, 0.3) is 5.91 Å². The van der Waals surface area contributed by atoms with Gasteiger partial charge in [-0.3, -0.25) is 4.79 Å². The Hall–Kier alpha value is -1.84. The van der Waals surface area contributed by atoms with Crippen LogP contribution in [0.2, 0.25) is 5.02 Å². The summed E-state index contributed by atoms with van der Waals surface area (Å²) in [6, 6.07) is 14.9. The number of halogens is 1. The Morgan fingerprint density at radius 3 is 2.67 bits per heavy atom. The van der Waals surface area contributed by atoms with Crippen molar-refractivity contribution in [1.29, 1.82) is 0 Å². The highest BCUT2D eigenvalue weighted by Crippen LogP contribution is 2.24. The minimum atomic E-state index is -0.271. The van der Waals surface area contributed by atoms with Gasteiger partial charge in [0, 0.05) is 29.8 Å². The van der Waals surface area contributed by atoms with Crippen LogP contribution in [-0.4, -0.2) is 19.6 Å². The van der Waals surface area contributed by atoms with E-state index in [0.717, 1.165) is 11.1 Å². The van der Waals surface area contributed by atoms with Crippen LogP contribution in [0.25, 0.3) is 0 Å². The van der Waals surface area contributed by atoms with E-state index >= 15 is 0 Å². The maximum Gasteiger partial charge on any atom is 0.251 e. The first kappa shape index (κ1) is 15.5. The van der Waals surface area contributed by atoms with E-state index in [2.05, 4.69) is 5.32 Å². The minimum Gasteiger partial charge on any atom is -0.375 e. The number of carbonyl (C=O) groups excluding carboxylic acids is 1. The first-order chi connectivity index (χ1) is 10.1. The lowest BCUT2D eigenvalue weighted by atomic mass is 10.1. The summed E-state index contributed by atoms with van der Waals surface area (Å²) in [6.07, 6.45) is -0.271. The van der Waals surface area contributed by atoms with Crippen molar-refractivity contribution in [2.24, 2.45) is 0 Å². The van der Waals surface area contributed by atoms with Crippen molar-refractivity contribution in [3.05, 3.63) is 70.2 Å². The topological polar surface area (TPSA) is 38.3 Å². The van der Waals surface area contributed by atoms with Crippen molar-refractivity contribution >= 4 is 17.5 Å². The number of hydrogen-bond acceptors (Lipinski definition) is 2. The minimum absolute atomic E-state index is 0.118. The highest BCUT2D eigenvalue weighted by atomic mass is 35.5. The molecule has 3 nitrogen and oxygen atoms in total. The van der Waals surface area contributed by atoms with Crippen LogP contribution in [0.15, 0.2) is 48.5 Å². The van der Waals surface area contributed by atoms with E-state index in [0.29, 0.717) is 17.1 Å². The van der Waals surface area contributed by atoms with Crippen LogP contribution in [0.3, 0.4) is 0 Å². The third-order valence-corrected chi connectivity index (χ3v) is 3.61. The van der Waals surface area contributed by atoms with Gasteiger partial charge < -0.3 is 10.1 Å². The molecule has 1 unspecified atom stereocenters. The normalized spacial score (nSPS) is 12.0. The molecule has 21 heavy (non-hydrogen) atoms. The van der Waals surface area contributed by atoms with Crippen LogP contribution in [0.5, 0.6) is 0 Å². The summed E-state index contributed by atoms with van der Waals surface area (Å²) in [7, 11) is 1.60. The zero-order chi connectivity index (χ0) is 15.2. The fourth-order valence-corrected chi connectivity index (χ4v) is 2.39. The summed E-state index contributed by atoms with van der Waals surface area (Å²) in [6.45, 7) is 2.32. The van der Waals surface area contributed by atoms with Crippen LogP contribution in [0.1, 0.15) is 27.6 Å². The zero-order valence-corrected chi connectivity index (χ0v) is 12.9. The van der Waals surface area contributed by atoms with Crippen LogP contribution in [0.4, 0.5) is 0 Å². The second kappa shape index (κ2) is 7.25. The van der Waals surface area contributed by atoms with E-state index in [-0.39, 0.29) is 12.0 Å². The molecule has 0 aliphatic heterocycles. The number of hydrogen-bond donors (Lipinski definition) is 1. The first-order valence-corrected chi connectivity index (χ1v) is 7.11. The Morgan fingerprint density at radius 2 is 2.00 bits per heavy atom. The average Bonchev–Trinajstić information content (AvgIpc) is 2.49. The number of amides is 1. The van der Waals surface area contributed by atoms with Gasteiger partial charge in [-0.2, -0.15) is 0 Å². The lowest BCUT2D eigenvalue weighted by Crippen LogP contribution is -2.29. The molecule has 2 aromatic carbocycles. The summed E-state index contributed by atoms with van der Waals surface area (Å²) in [5.74, 6) is -0.118. The van der Waals surface area contributed by atoms with Gasteiger partial charge in [-0.25, -0.2) is 0 Å². The molecule has 0 bridgehead atoms. The van der Waals surface area contributed by atoms with E-state index in [1.807, 2.05) is 49.4 Å². The number of carbonyl (C=O) groups is 1. The maximum absolute atomic E-state index is 12.1. The fourth-order valence-electron chi connectivity index (χ4n) is 2.13. The molecule has 0 aliphatic carbocycles. The smallest absolute Gasteiger partial charge is 0.251 e. The van der Waals surface area contributed by atoms with Gasteiger partial charge in [0.1, 0.15) is 6.10 Å². The quantitative estimate of drug-likeness (QED) is 0.913. The van der Waals surface area contributed by atoms with Gasteiger partial charge in [0.05, 0.1) is 0 Å². The van der Waals surface area contributed by atoms with Crippen molar-refractivity contribution in [3.63, 3.8) is 0 Å². The molecule has 0 radical (unpaired) electrons. The van der Waals surface area contributed by atoms with Crippen molar-refractivity contribution in [2.75, 3.05) is 13.7 Å². The number of methoxy groups -OCH3 is 1. The molecule has 2 rings (SSSR count). The van der Waals surface area contributed by atoms with E-state index in [9.17, 15) is 4.79 Å². The predicted octanol–water partition coefficient (Wildman–Crippen LogP) is 3.77. The zero-order valence-electron chi connectivity index (χ0n) is 12.1. The predicted molar refractivity (Wildman–Crippen MR) is 84.7 cm³/mol. The van der Waals surface area contributed by atoms with Gasteiger partial charge >= 0.3 is 0 Å². The van der Waals surface area contributed by atoms with Crippen LogP contribution in [-0.2, 0) is 4.74 Å². The Bertz CT molecular complexity index is 628. The van der Waals surface area contributed by atoms with Gasteiger partial charge in [-0.15, -0.1) is 0 Å². The molecule has 0 saturated heterocycles. The van der Waals surface area contributed by atoms with Gasteiger partial charge in [0.15, 0.2) is 0 Å². The highest BCUT2D eigenvalue weighted by molar-refractivity contribution is 6.31. The van der Waals surface area contributed by atoms with Crippen molar-refractivity contribution in [2.45, 2.75) is 13.0 Å². The van der Waals surface area contributed by atoms with Gasteiger partial charge in [-0.1, -0.05) is 47.5 Å². The monoisotopic (exact) mass is 303 g/mol. The molecule has 0 aliphatic rings. The van der Waals surface area contributed by atoms with Crippen molar-refractivity contribution in [1.82, 2.24) is 5.32 Å². The number of nitrogens with one attached hydrogen (secondary N) is 1. The van der Waals surface area contributed by atoms with Gasteiger partial charge in [0.2, 0.25) is 0 Å². The molecule has 4 heteroatoms. The van der Waals surface area contributed by atoms with Gasteiger partial charge in [-0.05, 0) is 25.1 Å². The molecule has 0 heterocycles. The molecule has 0 fully saturated rings. The second-order valence-electron chi connectivity index (χ2n) is 4.83. The number of rotatable bonds is 5. The molecule has 1 atom stereocenters. The summed E-state index contributed by atoms with van der Waals surface area (Å²) in [5, 5.41) is 3.51. The number of aryl methyl sites for hydroxylation is 1. The molecule has 1 N–H and O–H groups in total. The number of benzene rings is 2. The lowest BCUT2D eigenvalue weighted by molar-refractivity contribution is 0.0828. The first-order valence-electron chi connectivity index (χ1n) is 6.74. The summed E-state index contributed by atoms with van der Waals surface area (Å²) < 4.78 is 5.43. The van der Waals surface area contributed by atoms with E-state index in [1.54, 1.807) is 13.2 Å². The van der Waals surface area contributed by atoms with Crippen molar-refractivity contribution in [3.8, 4) is 0 Å². The standard InChI is InChI=1S/C17H18ClNO2/c1-12-6-5-7-13(10-12)17(20)19-11-16(21-2)14-8-3-4-9-15(14)18/h3-10,16H,11H2,1-2H3,(H,19,20). The lowest BCUT2D eigenvalue weighted by Gasteiger charge is -2.17. The SMILES string of the molecule is COC(CNC(=O)c1cccc(C)c1)c1ccccc1Cl. The Labute approximate surface area is 129 Å². The molecule has 0 aromatic heterocycles. The molecule has 0 saturated carbocycles. The van der Waals surface area contributed by atoms with E-state index in [4.69, 9.17) is 16.3 Å². The van der Waals surface area contributed by atoms with E-state index < -0.39 is 0 Å². The Morgan fingerprint density at radius 1 is 1.24 bits per heavy atom. The van der Waals surface area contributed by atoms with Crippen molar-refractivity contribution < 1.29 is 9.53 Å². The summed E-state index contributed by atoms with van der Waals surface area (Å²) in [5.41, 5.74) is 2.56. The third kappa shape index (κ3) is 4.06. The van der Waals surface area contributed by atoms with E-state index in [1.165, 1.54) is 0 Å². The molecular weight excluding hydrogens is 286 g/mol. The average molecular weight is 304 g/mol. The summed E-state index contributed by atoms with van der Waals surface area (Å²) in [4.78, 5) is 12.1. The van der Waals surface area contributed by atoms with Crippen LogP contribution >= 0.6 is 11.6 Å². The summed E-state index contributed by atoms with van der Waals surface area (Å²) >= 11 is 6.16. The Kier molecular flexibility index (Phi) is 5.37. The molecule has 0 spiro atoms.